The highest BCUT2D eigenvalue weighted by Crippen LogP contribution is 2.32. The fourth-order valence-corrected chi connectivity index (χ4v) is 3.43. The Hall–Kier alpha value is -0.610. The van der Waals surface area contributed by atoms with Gasteiger partial charge in [0, 0.05) is 19.3 Å². The molecule has 4 heteroatoms. The second-order valence-corrected chi connectivity index (χ2v) is 6.05. The second kappa shape index (κ2) is 5.83. The van der Waals surface area contributed by atoms with Gasteiger partial charge in [-0.15, -0.1) is 0 Å². The van der Waals surface area contributed by atoms with Gasteiger partial charge in [0.1, 0.15) is 0 Å². The SMILES string of the molecule is CCC1CCC(N(C)c2ncc(CO)s2)CC1. The van der Waals surface area contributed by atoms with Crippen molar-refractivity contribution in [3.63, 3.8) is 0 Å². The molecule has 0 amide bonds. The molecule has 0 atom stereocenters. The average molecular weight is 254 g/mol. The molecular formula is C13H22N2OS. The van der Waals surface area contributed by atoms with Crippen LogP contribution in [0.3, 0.4) is 0 Å². The number of aliphatic hydroxyl groups excluding tert-OH is 1. The number of aliphatic hydroxyl groups is 1. The fourth-order valence-electron chi connectivity index (χ4n) is 2.63. The highest BCUT2D eigenvalue weighted by Gasteiger charge is 2.24. The Bertz CT molecular complexity index is 345. The van der Waals surface area contributed by atoms with E-state index in [4.69, 9.17) is 5.11 Å². The zero-order valence-corrected chi connectivity index (χ0v) is 11.5. The molecule has 96 valence electrons. The Kier molecular flexibility index (Phi) is 4.40. The Morgan fingerprint density at radius 3 is 2.65 bits per heavy atom. The standard InChI is InChI=1S/C13H22N2OS/c1-3-10-4-6-11(7-5-10)15(2)13-14-8-12(9-16)17-13/h8,10-11,16H,3-7,9H2,1-2H3. The predicted molar refractivity (Wildman–Crippen MR) is 72.5 cm³/mol. The van der Waals surface area contributed by atoms with Crippen molar-refractivity contribution in [2.45, 2.75) is 51.7 Å². The van der Waals surface area contributed by atoms with E-state index in [1.807, 2.05) is 0 Å². The van der Waals surface area contributed by atoms with E-state index in [0.29, 0.717) is 6.04 Å². The van der Waals surface area contributed by atoms with E-state index < -0.39 is 0 Å². The van der Waals surface area contributed by atoms with E-state index in [0.717, 1.165) is 15.9 Å². The summed E-state index contributed by atoms with van der Waals surface area (Å²) in [5.74, 6) is 0.934. The van der Waals surface area contributed by atoms with E-state index >= 15 is 0 Å². The first kappa shape index (κ1) is 12.8. The van der Waals surface area contributed by atoms with Crippen molar-refractivity contribution in [2.24, 2.45) is 5.92 Å². The topological polar surface area (TPSA) is 36.4 Å². The van der Waals surface area contributed by atoms with Crippen LogP contribution in [0.2, 0.25) is 0 Å². The van der Waals surface area contributed by atoms with Gasteiger partial charge >= 0.3 is 0 Å². The fraction of sp³-hybridized carbons (Fsp3) is 0.769. The third kappa shape index (κ3) is 2.99. The van der Waals surface area contributed by atoms with Gasteiger partial charge in [0.15, 0.2) is 5.13 Å². The first-order valence-electron chi connectivity index (χ1n) is 6.53. The van der Waals surface area contributed by atoms with Gasteiger partial charge in [-0.3, -0.25) is 0 Å². The van der Waals surface area contributed by atoms with Crippen LogP contribution in [-0.2, 0) is 6.61 Å². The van der Waals surface area contributed by atoms with Crippen molar-refractivity contribution in [1.82, 2.24) is 4.98 Å². The normalized spacial score (nSPS) is 24.9. The minimum absolute atomic E-state index is 0.105. The number of nitrogens with zero attached hydrogens (tertiary/aromatic N) is 2. The Morgan fingerprint density at radius 1 is 1.41 bits per heavy atom. The molecule has 2 rings (SSSR count). The summed E-state index contributed by atoms with van der Waals surface area (Å²) in [7, 11) is 2.14. The van der Waals surface area contributed by atoms with Crippen LogP contribution in [0.15, 0.2) is 6.20 Å². The van der Waals surface area contributed by atoms with Crippen LogP contribution in [0.1, 0.15) is 43.9 Å². The van der Waals surface area contributed by atoms with Gasteiger partial charge < -0.3 is 10.0 Å². The molecule has 3 nitrogen and oxygen atoms in total. The summed E-state index contributed by atoms with van der Waals surface area (Å²) in [6, 6.07) is 0.635. The summed E-state index contributed by atoms with van der Waals surface area (Å²) in [4.78, 5) is 7.64. The third-order valence-electron chi connectivity index (χ3n) is 3.94. The quantitative estimate of drug-likeness (QED) is 0.897. The van der Waals surface area contributed by atoms with Gasteiger partial charge in [-0.1, -0.05) is 24.7 Å². The number of hydrogen-bond acceptors (Lipinski definition) is 4. The summed E-state index contributed by atoms with van der Waals surface area (Å²) in [6.07, 6.45) is 8.37. The molecule has 1 aliphatic carbocycles. The Labute approximate surface area is 107 Å². The molecule has 0 unspecified atom stereocenters. The highest BCUT2D eigenvalue weighted by atomic mass is 32.1. The number of aromatic nitrogens is 1. The van der Waals surface area contributed by atoms with Crippen LogP contribution in [0, 0.1) is 5.92 Å². The van der Waals surface area contributed by atoms with E-state index in [1.54, 1.807) is 17.5 Å². The van der Waals surface area contributed by atoms with Crippen LogP contribution in [0.5, 0.6) is 0 Å². The first-order chi connectivity index (χ1) is 8.24. The van der Waals surface area contributed by atoms with E-state index in [9.17, 15) is 0 Å². The molecular weight excluding hydrogens is 232 g/mol. The van der Waals surface area contributed by atoms with Crippen molar-refractivity contribution >= 4 is 16.5 Å². The molecule has 1 heterocycles. The first-order valence-corrected chi connectivity index (χ1v) is 7.34. The van der Waals surface area contributed by atoms with E-state index in [2.05, 4.69) is 23.9 Å². The van der Waals surface area contributed by atoms with Crippen LogP contribution in [-0.4, -0.2) is 23.2 Å². The van der Waals surface area contributed by atoms with Gasteiger partial charge in [0.2, 0.25) is 0 Å². The summed E-state index contributed by atoms with van der Waals surface area (Å²) in [5, 5.41) is 10.1. The third-order valence-corrected chi connectivity index (χ3v) is 5.01. The van der Waals surface area contributed by atoms with E-state index in [1.165, 1.54) is 32.1 Å². The minimum Gasteiger partial charge on any atom is -0.391 e. The van der Waals surface area contributed by atoms with Crippen LogP contribution in [0.4, 0.5) is 5.13 Å². The average Bonchev–Trinajstić information content (AvgIpc) is 2.87. The molecule has 1 aromatic heterocycles. The van der Waals surface area contributed by atoms with E-state index in [-0.39, 0.29) is 6.61 Å². The lowest BCUT2D eigenvalue weighted by molar-refractivity contribution is 0.285. The molecule has 0 radical (unpaired) electrons. The molecule has 1 fully saturated rings. The number of anilines is 1. The number of hydrogen-bond donors (Lipinski definition) is 1. The van der Waals surface area contributed by atoms with Gasteiger partial charge in [0.25, 0.3) is 0 Å². The van der Waals surface area contributed by atoms with Crippen molar-refractivity contribution in [3.8, 4) is 0 Å². The Morgan fingerprint density at radius 2 is 2.12 bits per heavy atom. The lowest BCUT2D eigenvalue weighted by Crippen LogP contribution is -2.35. The van der Waals surface area contributed by atoms with Crippen LogP contribution >= 0.6 is 11.3 Å². The lowest BCUT2D eigenvalue weighted by Gasteiger charge is -2.34. The number of rotatable bonds is 4. The van der Waals surface area contributed by atoms with Gasteiger partial charge in [-0.2, -0.15) is 0 Å². The predicted octanol–water partition coefficient (Wildman–Crippen LogP) is 3.04. The molecule has 0 aromatic carbocycles. The number of thiazole rings is 1. The smallest absolute Gasteiger partial charge is 0.185 e. The van der Waals surface area contributed by atoms with Gasteiger partial charge in [-0.25, -0.2) is 4.98 Å². The van der Waals surface area contributed by atoms with Crippen molar-refractivity contribution < 1.29 is 5.11 Å². The lowest BCUT2D eigenvalue weighted by atomic mass is 9.84. The summed E-state index contributed by atoms with van der Waals surface area (Å²) < 4.78 is 0. The van der Waals surface area contributed by atoms with Crippen molar-refractivity contribution in [3.05, 3.63) is 11.1 Å². The molecule has 1 aliphatic rings. The largest absolute Gasteiger partial charge is 0.391 e. The van der Waals surface area contributed by atoms with Crippen LogP contribution < -0.4 is 4.90 Å². The molecule has 0 bridgehead atoms. The molecule has 0 saturated heterocycles. The van der Waals surface area contributed by atoms with Gasteiger partial charge in [0.05, 0.1) is 11.5 Å². The molecule has 0 spiro atoms. The van der Waals surface area contributed by atoms with Crippen molar-refractivity contribution in [1.29, 1.82) is 0 Å². The zero-order valence-electron chi connectivity index (χ0n) is 10.7. The maximum Gasteiger partial charge on any atom is 0.185 e. The molecule has 1 N–H and O–H groups in total. The second-order valence-electron chi connectivity index (χ2n) is 4.96. The molecule has 1 aromatic rings. The summed E-state index contributed by atoms with van der Waals surface area (Å²) >= 11 is 1.61. The maximum atomic E-state index is 9.06. The maximum absolute atomic E-state index is 9.06. The summed E-state index contributed by atoms with van der Waals surface area (Å²) in [6.45, 7) is 2.40. The minimum atomic E-state index is 0.105. The van der Waals surface area contributed by atoms with Crippen molar-refractivity contribution in [2.75, 3.05) is 11.9 Å². The highest BCUT2D eigenvalue weighted by molar-refractivity contribution is 7.15. The monoisotopic (exact) mass is 254 g/mol. The summed E-state index contributed by atoms with van der Waals surface area (Å²) in [5.41, 5.74) is 0. The molecule has 0 aliphatic heterocycles. The van der Waals surface area contributed by atoms with Crippen LogP contribution in [0.25, 0.3) is 0 Å². The molecule has 17 heavy (non-hydrogen) atoms. The molecule has 1 saturated carbocycles. The zero-order chi connectivity index (χ0) is 12.3. The Balaban J connectivity index is 1.94. The van der Waals surface area contributed by atoms with Gasteiger partial charge in [-0.05, 0) is 31.6 Å².